The summed E-state index contributed by atoms with van der Waals surface area (Å²) in [6.07, 6.45) is 8.32. The van der Waals surface area contributed by atoms with E-state index in [4.69, 9.17) is 0 Å². The molecule has 2 atom stereocenters. The van der Waals surface area contributed by atoms with Gasteiger partial charge < -0.3 is 0 Å². The summed E-state index contributed by atoms with van der Waals surface area (Å²) in [6, 6.07) is 8.97. The minimum atomic E-state index is -0.677. The summed E-state index contributed by atoms with van der Waals surface area (Å²) in [5.74, 6) is -0.673. The fraction of sp³-hybridized carbons (Fsp3) is 0.217. The van der Waals surface area contributed by atoms with Gasteiger partial charge in [-0.25, -0.2) is 0 Å². The lowest BCUT2D eigenvalue weighted by molar-refractivity contribution is -0.134. The summed E-state index contributed by atoms with van der Waals surface area (Å²) < 4.78 is 0. The summed E-state index contributed by atoms with van der Waals surface area (Å²) in [6.45, 7) is 2.06. The molecule has 0 aromatic heterocycles. The summed E-state index contributed by atoms with van der Waals surface area (Å²) in [4.78, 5) is 43.2. The van der Waals surface area contributed by atoms with Gasteiger partial charge in [-0.15, -0.1) is 0 Å². The number of benzene rings is 2. The highest BCUT2D eigenvalue weighted by Gasteiger charge is 2.40. The second-order valence-electron chi connectivity index (χ2n) is 7.64. The third-order valence-corrected chi connectivity index (χ3v) is 5.63. The molecule has 5 rings (SSSR count). The van der Waals surface area contributed by atoms with Crippen molar-refractivity contribution in [1.29, 1.82) is 0 Å². The van der Waals surface area contributed by atoms with Crippen LogP contribution in [0.15, 0.2) is 53.7 Å². The number of amides is 3. The van der Waals surface area contributed by atoms with E-state index >= 15 is 0 Å². The van der Waals surface area contributed by atoms with Gasteiger partial charge in [-0.1, -0.05) is 31.2 Å². The van der Waals surface area contributed by atoms with Crippen molar-refractivity contribution in [3.05, 3.63) is 59.8 Å². The van der Waals surface area contributed by atoms with Crippen LogP contribution in [0.5, 0.6) is 0 Å². The summed E-state index contributed by atoms with van der Waals surface area (Å²) >= 11 is 0. The molecule has 0 bridgehead atoms. The van der Waals surface area contributed by atoms with Crippen molar-refractivity contribution in [2.24, 2.45) is 10.9 Å². The van der Waals surface area contributed by atoms with Crippen LogP contribution >= 0.6 is 0 Å². The molecule has 2 aromatic carbocycles. The average molecular weight is 385 g/mol. The molecule has 1 N–H and O–H groups in total. The topological polar surface area (TPSA) is 78.8 Å². The van der Waals surface area contributed by atoms with E-state index in [1.807, 2.05) is 42.6 Å². The van der Waals surface area contributed by atoms with Crippen molar-refractivity contribution < 1.29 is 14.4 Å². The Balaban J connectivity index is 1.62. The molecule has 1 saturated heterocycles. The molecular weight excluding hydrogens is 366 g/mol. The lowest BCUT2D eigenvalue weighted by Crippen LogP contribution is -2.53. The normalized spacial score (nSPS) is 23.4. The zero-order chi connectivity index (χ0) is 20.1. The van der Waals surface area contributed by atoms with Crippen molar-refractivity contribution in [2.75, 3.05) is 4.90 Å². The summed E-state index contributed by atoms with van der Waals surface area (Å²) in [5.41, 5.74) is 3.14. The molecule has 144 valence electrons. The van der Waals surface area contributed by atoms with Crippen molar-refractivity contribution in [2.45, 2.75) is 25.8 Å². The van der Waals surface area contributed by atoms with Gasteiger partial charge in [0.05, 0.1) is 11.3 Å². The smallest absolute Gasteiger partial charge is 0.259 e. The number of aliphatic imine (C=N–C) groups is 1. The van der Waals surface area contributed by atoms with Gasteiger partial charge in [-0.3, -0.25) is 29.6 Å². The molecule has 6 heteroatoms. The Bertz CT molecular complexity index is 1180. The first-order valence-corrected chi connectivity index (χ1v) is 9.69. The van der Waals surface area contributed by atoms with Crippen molar-refractivity contribution in [3.8, 4) is 0 Å². The summed E-state index contributed by atoms with van der Waals surface area (Å²) in [5, 5.41) is 4.14. The molecule has 0 aliphatic carbocycles. The van der Waals surface area contributed by atoms with Gasteiger partial charge in [-0.2, -0.15) is 0 Å². The van der Waals surface area contributed by atoms with Crippen molar-refractivity contribution in [3.63, 3.8) is 0 Å². The fourth-order valence-electron chi connectivity index (χ4n) is 4.20. The lowest BCUT2D eigenvalue weighted by Gasteiger charge is -2.30. The van der Waals surface area contributed by atoms with Crippen LogP contribution in [0.4, 0.5) is 5.69 Å². The fourth-order valence-corrected chi connectivity index (χ4v) is 4.20. The Morgan fingerprint density at radius 3 is 2.86 bits per heavy atom. The van der Waals surface area contributed by atoms with Crippen molar-refractivity contribution in [1.82, 2.24) is 5.32 Å². The number of anilines is 1. The third-order valence-electron chi connectivity index (χ3n) is 5.63. The Hall–Kier alpha value is -3.54. The number of carbonyl (C=O) groups excluding carboxylic acids is 3. The van der Waals surface area contributed by atoms with Gasteiger partial charge in [0.25, 0.3) is 5.91 Å². The number of hydrogen-bond acceptors (Lipinski definition) is 4. The predicted molar refractivity (Wildman–Crippen MR) is 112 cm³/mol. The molecule has 2 aromatic rings. The molecule has 3 aliphatic rings. The number of piperidine rings is 1. The van der Waals surface area contributed by atoms with Crippen LogP contribution in [0.2, 0.25) is 0 Å². The molecule has 0 radical (unpaired) electrons. The number of nitrogens with one attached hydrogen (secondary N) is 1. The van der Waals surface area contributed by atoms with E-state index in [-0.39, 0.29) is 24.2 Å². The predicted octanol–water partition coefficient (Wildman–Crippen LogP) is 3.22. The van der Waals surface area contributed by atoms with E-state index in [9.17, 15) is 14.4 Å². The van der Waals surface area contributed by atoms with Crippen LogP contribution in [0, 0.1) is 5.92 Å². The molecular formula is C23H19N3O3. The maximum atomic E-state index is 13.4. The molecule has 6 nitrogen and oxygen atoms in total. The van der Waals surface area contributed by atoms with E-state index in [0.29, 0.717) is 12.0 Å². The van der Waals surface area contributed by atoms with E-state index in [1.165, 1.54) is 0 Å². The van der Waals surface area contributed by atoms with Crippen molar-refractivity contribution >= 4 is 46.0 Å². The maximum absolute atomic E-state index is 13.4. The van der Waals surface area contributed by atoms with Gasteiger partial charge in [0.1, 0.15) is 6.04 Å². The largest absolute Gasteiger partial charge is 0.295 e. The molecule has 0 spiro atoms. The molecule has 3 aliphatic heterocycles. The molecule has 3 amide bonds. The Morgan fingerprint density at radius 2 is 2.03 bits per heavy atom. The van der Waals surface area contributed by atoms with Crippen LogP contribution < -0.4 is 10.2 Å². The first kappa shape index (κ1) is 17.6. The van der Waals surface area contributed by atoms with Crippen LogP contribution in [-0.4, -0.2) is 30.0 Å². The highest BCUT2D eigenvalue weighted by Crippen LogP contribution is 2.41. The molecule has 0 saturated carbocycles. The minimum Gasteiger partial charge on any atom is -0.295 e. The number of hydrogen-bond donors (Lipinski definition) is 1. The van der Waals surface area contributed by atoms with Gasteiger partial charge in [0, 0.05) is 30.1 Å². The number of imide groups is 1. The second-order valence-corrected chi connectivity index (χ2v) is 7.64. The first-order chi connectivity index (χ1) is 14.0. The summed E-state index contributed by atoms with van der Waals surface area (Å²) in [7, 11) is 0. The zero-order valence-corrected chi connectivity index (χ0v) is 15.9. The molecule has 3 heterocycles. The maximum Gasteiger partial charge on any atom is 0.259 e. The highest BCUT2D eigenvalue weighted by molar-refractivity contribution is 6.27. The molecule has 1 fully saturated rings. The van der Waals surface area contributed by atoms with Crippen LogP contribution in [0.25, 0.3) is 16.3 Å². The molecule has 29 heavy (non-hydrogen) atoms. The highest BCUT2D eigenvalue weighted by atomic mass is 16.2. The average Bonchev–Trinajstić information content (AvgIpc) is 2.85. The van der Waals surface area contributed by atoms with E-state index in [1.54, 1.807) is 11.1 Å². The second kappa shape index (κ2) is 6.51. The van der Waals surface area contributed by atoms with Gasteiger partial charge in [-0.05, 0) is 41.1 Å². The zero-order valence-electron chi connectivity index (χ0n) is 15.9. The monoisotopic (exact) mass is 385 g/mol. The van der Waals surface area contributed by atoms with Crippen LogP contribution in [0.3, 0.4) is 0 Å². The van der Waals surface area contributed by atoms with Gasteiger partial charge in [0.15, 0.2) is 0 Å². The van der Waals surface area contributed by atoms with E-state index in [2.05, 4.69) is 23.3 Å². The number of rotatable bonds is 2. The Labute approximate surface area is 167 Å². The van der Waals surface area contributed by atoms with Gasteiger partial charge >= 0.3 is 0 Å². The molecule has 2 unspecified atom stereocenters. The standard InChI is InChI=1S/C23H19N3O3/c1-13-5-6-15(12-24-11-13)16-9-14-3-2-4-18-21(14)17(10-16)23(29)26(18)19-7-8-20(27)25-22(19)28/h2-6,9-13,19H,7-8H2,1H3,(H,25,27,28). The Kier molecular flexibility index (Phi) is 3.94. The third kappa shape index (κ3) is 2.79. The van der Waals surface area contributed by atoms with E-state index < -0.39 is 11.9 Å². The minimum absolute atomic E-state index is 0.206. The Morgan fingerprint density at radius 1 is 1.17 bits per heavy atom. The number of carbonyl (C=O) groups is 3. The van der Waals surface area contributed by atoms with Crippen LogP contribution in [0.1, 0.15) is 35.7 Å². The van der Waals surface area contributed by atoms with Gasteiger partial charge in [0.2, 0.25) is 11.8 Å². The first-order valence-electron chi connectivity index (χ1n) is 9.69. The number of allylic oxidation sites excluding steroid dienone is 3. The quantitative estimate of drug-likeness (QED) is 0.806. The number of nitrogens with zero attached hydrogens (tertiary/aromatic N) is 2. The van der Waals surface area contributed by atoms with Crippen LogP contribution in [-0.2, 0) is 9.59 Å². The lowest BCUT2D eigenvalue weighted by atomic mass is 9.97. The SMILES string of the molecule is CC1C=CC(c2cc3c4c(cccc4c2)N(C2CCC(=O)NC2=O)C3=O)=CN=C1. The van der Waals surface area contributed by atoms with E-state index in [0.717, 1.165) is 27.6 Å².